The van der Waals surface area contributed by atoms with Gasteiger partial charge in [-0.1, -0.05) is 0 Å². The van der Waals surface area contributed by atoms with E-state index in [9.17, 15) is 18.0 Å². The molecular formula is C14H12N2O7S. The number of anilines is 2. The van der Waals surface area contributed by atoms with Gasteiger partial charge >= 0.3 is 11.9 Å². The molecule has 0 aliphatic heterocycles. The molecule has 2 rings (SSSR count). The van der Waals surface area contributed by atoms with Crippen LogP contribution in [0.25, 0.3) is 0 Å². The summed E-state index contributed by atoms with van der Waals surface area (Å²) in [5.41, 5.74) is 5.29. The molecule has 0 bridgehead atoms. The quantitative estimate of drug-likeness (QED) is 0.386. The Kier molecular flexibility index (Phi) is 4.71. The van der Waals surface area contributed by atoms with E-state index in [4.69, 9.17) is 14.8 Å². The van der Waals surface area contributed by atoms with Crippen molar-refractivity contribution < 1.29 is 32.8 Å². The number of hydrazine groups is 1. The highest BCUT2D eigenvalue weighted by Gasteiger charge is 2.16. The topological polar surface area (TPSA) is 153 Å². The van der Waals surface area contributed by atoms with Crippen LogP contribution in [-0.4, -0.2) is 35.1 Å². The minimum Gasteiger partial charge on any atom is -0.478 e. The summed E-state index contributed by atoms with van der Waals surface area (Å²) in [6.07, 6.45) is 0. The number of carboxylic acid groups (broad SMARTS) is 2. The fourth-order valence-corrected chi connectivity index (χ4v) is 2.32. The molecule has 0 saturated heterocycles. The van der Waals surface area contributed by atoms with Gasteiger partial charge in [0, 0.05) is 0 Å². The molecule has 0 amide bonds. The molecule has 0 radical (unpaired) electrons. The summed E-state index contributed by atoms with van der Waals surface area (Å²) in [7, 11) is -4.49. The molecule has 0 unspecified atom stereocenters. The molecule has 126 valence electrons. The van der Waals surface area contributed by atoms with Gasteiger partial charge in [-0.25, -0.2) is 9.59 Å². The van der Waals surface area contributed by atoms with Crippen LogP contribution < -0.4 is 10.9 Å². The first-order chi connectivity index (χ1) is 11.2. The Balaban J connectivity index is 2.27. The Morgan fingerprint density at radius 1 is 0.875 bits per heavy atom. The molecule has 9 nitrogen and oxygen atoms in total. The maximum Gasteiger partial charge on any atom is 0.337 e. The van der Waals surface area contributed by atoms with Crippen LogP contribution >= 0.6 is 0 Å². The van der Waals surface area contributed by atoms with Gasteiger partial charge in [-0.2, -0.15) is 8.42 Å². The molecule has 0 spiro atoms. The van der Waals surface area contributed by atoms with Gasteiger partial charge in [0.15, 0.2) is 0 Å². The summed E-state index contributed by atoms with van der Waals surface area (Å²) in [6.45, 7) is 0. The second-order valence-electron chi connectivity index (χ2n) is 4.62. The van der Waals surface area contributed by atoms with Crippen molar-refractivity contribution in [3.05, 3.63) is 53.6 Å². The van der Waals surface area contributed by atoms with Gasteiger partial charge in [0.2, 0.25) is 0 Å². The number of rotatable bonds is 6. The third kappa shape index (κ3) is 4.00. The lowest BCUT2D eigenvalue weighted by atomic mass is 10.2. The van der Waals surface area contributed by atoms with Crippen LogP contribution in [0.1, 0.15) is 20.7 Å². The molecule has 0 heterocycles. The first kappa shape index (κ1) is 17.2. The van der Waals surface area contributed by atoms with Gasteiger partial charge in [-0.05, 0) is 42.5 Å². The molecule has 0 aliphatic rings. The Bertz CT molecular complexity index is 892. The number of aromatic carboxylic acids is 2. The van der Waals surface area contributed by atoms with Crippen molar-refractivity contribution in [3.63, 3.8) is 0 Å². The maximum absolute atomic E-state index is 11.2. The molecule has 5 N–H and O–H groups in total. The summed E-state index contributed by atoms with van der Waals surface area (Å²) >= 11 is 0. The summed E-state index contributed by atoms with van der Waals surface area (Å²) in [6, 6.07) is 8.48. The highest BCUT2D eigenvalue weighted by Crippen LogP contribution is 2.21. The normalized spacial score (nSPS) is 10.9. The van der Waals surface area contributed by atoms with Crippen LogP contribution in [0.5, 0.6) is 0 Å². The number of carbonyl (C=O) groups is 2. The van der Waals surface area contributed by atoms with E-state index in [0.29, 0.717) is 5.69 Å². The van der Waals surface area contributed by atoms with Crippen LogP contribution in [0.4, 0.5) is 11.4 Å². The van der Waals surface area contributed by atoms with Crippen LogP contribution in [0.3, 0.4) is 0 Å². The van der Waals surface area contributed by atoms with Gasteiger partial charge in [-0.15, -0.1) is 0 Å². The predicted octanol–water partition coefficient (Wildman–Crippen LogP) is 1.77. The monoisotopic (exact) mass is 352 g/mol. The maximum atomic E-state index is 11.2. The van der Waals surface area contributed by atoms with Crippen molar-refractivity contribution >= 4 is 33.4 Å². The average molecular weight is 352 g/mol. The molecule has 24 heavy (non-hydrogen) atoms. The van der Waals surface area contributed by atoms with Gasteiger partial charge in [0.05, 0.1) is 27.4 Å². The summed E-state index contributed by atoms with van der Waals surface area (Å²) in [5.74, 6) is -2.40. The summed E-state index contributed by atoms with van der Waals surface area (Å²) in [4.78, 5) is 21.5. The molecule has 0 atom stereocenters. The lowest BCUT2D eigenvalue weighted by Crippen LogP contribution is -2.13. The molecule has 2 aromatic rings. The largest absolute Gasteiger partial charge is 0.478 e. The van der Waals surface area contributed by atoms with E-state index < -0.39 is 27.0 Å². The summed E-state index contributed by atoms with van der Waals surface area (Å²) in [5, 5.41) is 17.9. The number of nitrogens with one attached hydrogen (secondary N) is 2. The van der Waals surface area contributed by atoms with Crippen LogP contribution in [0.15, 0.2) is 47.4 Å². The number of benzene rings is 2. The Morgan fingerprint density at radius 3 is 2.00 bits per heavy atom. The Labute approximate surface area is 136 Å². The van der Waals surface area contributed by atoms with Gasteiger partial charge in [0.1, 0.15) is 0 Å². The van der Waals surface area contributed by atoms with Crippen molar-refractivity contribution in [3.8, 4) is 0 Å². The van der Waals surface area contributed by atoms with Gasteiger partial charge in [0.25, 0.3) is 10.1 Å². The molecule has 10 heteroatoms. The zero-order valence-corrected chi connectivity index (χ0v) is 12.7. The molecule has 0 aromatic heterocycles. The second kappa shape index (κ2) is 6.56. The molecule has 0 saturated carbocycles. The minimum atomic E-state index is -4.49. The van der Waals surface area contributed by atoms with E-state index in [0.717, 1.165) is 18.2 Å². The average Bonchev–Trinajstić information content (AvgIpc) is 2.52. The highest BCUT2D eigenvalue weighted by molar-refractivity contribution is 7.85. The lowest BCUT2D eigenvalue weighted by molar-refractivity contribution is 0.0686. The smallest absolute Gasteiger partial charge is 0.337 e. The van der Waals surface area contributed by atoms with E-state index >= 15 is 0 Å². The van der Waals surface area contributed by atoms with Crippen LogP contribution in [0.2, 0.25) is 0 Å². The minimum absolute atomic E-state index is 0.0696. The zero-order chi connectivity index (χ0) is 17.9. The fourth-order valence-electron chi connectivity index (χ4n) is 1.81. The first-order valence-corrected chi connectivity index (χ1v) is 7.82. The van der Waals surface area contributed by atoms with E-state index in [1.54, 1.807) is 0 Å². The van der Waals surface area contributed by atoms with Crippen molar-refractivity contribution in [2.45, 2.75) is 4.90 Å². The number of carboxylic acids is 2. The van der Waals surface area contributed by atoms with Crippen molar-refractivity contribution in [2.24, 2.45) is 0 Å². The molecule has 0 fully saturated rings. The van der Waals surface area contributed by atoms with Crippen LogP contribution in [0, 0.1) is 0 Å². The van der Waals surface area contributed by atoms with Gasteiger partial charge in [-0.3, -0.25) is 9.98 Å². The van der Waals surface area contributed by atoms with Crippen molar-refractivity contribution in [1.82, 2.24) is 0 Å². The first-order valence-electron chi connectivity index (χ1n) is 6.38. The number of hydrogen-bond acceptors (Lipinski definition) is 6. The van der Waals surface area contributed by atoms with E-state index in [1.165, 1.54) is 24.3 Å². The molecular weight excluding hydrogens is 340 g/mol. The zero-order valence-electron chi connectivity index (χ0n) is 11.9. The third-order valence-corrected chi connectivity index (χ3v) is 3.84. The third-order valence-electron chi connectivity index (χ3n) is 2.99. The number of hydrogen-bond donors (Lipinski definition) is 5. The highest BCUT2D eigenvalue weighted by atomic mass is 32.2. The van der Waals surface area contributed by atoms with Crippen LogP contribution in [-0.2, 0) is 10.1 Å². The summed E-state index contributed by atoms with van der Waals surface area (Å²) < 4.78 is 31.3. The predicted molar refractivity (Wildman–Crippen MR) is 83.9 cm³/mol. The molecule has 2 aromatic carbocycles. The van der Waals surface area contributed by atoms with Crippen molar-refractivity contribution in [2.75, 3.05) is 10.9 Å². The standard InChI is InChI=1S/C14H12N2O7S/c17-13(18)8-1-3-9(4-2-8)15-16-12-7-10(24(21,22)23)5-6-11(12)14(19)20/h1-7,15-16H,(H,17,18)(H,19,20)(H,21,22,23). The van der Waals surface area contributed by atoms with E-state index in [1.807, 2.05) is 0 Å². The lowest BCUT2D eigenvalue weighted by Gasteiger charge is -2.13. The second-order valence-corrected chi connectivity index (χ2v) is 6.04. The fraction of sp³-hybridized carbons (Fsp3) is 0. The SMILES string of the molecule is O=C(O)c1ccc(NNc2cc(S(=O)(=O)O)ccc2C(=O)O)cc1. The van der Waals surface area contributed by atoms with E-state index in [2.05, 4.69) is 10.9 Å². The van der Waals surface area contributed by atoms with Gasteiger partial charge < -0.3 is 15.6 Å². The Hall–Kier alpha value is -3.11. The Morgan fingerprint density at radius 2 is 1.50 bits per heavy atom. The van der Waals surface area contributed by atoms with Crippen molar-refractivity contribution in [1.29, 1.82) is 0 Å². The molecule has 0 aliphatic carbocycles. The van der Waals surface area contributed by atoms with E-state index in [-0.39, 0.29) is 16.8 Å².